The highest BCUT2D eigenvalue weighted by molar-refractivity contribution is 5.40. The molecule has 0 aliphatic rings. The molecule has 0 aliphatic heterocycles. The molecule has 0 atom stereocenters. The topological polar surface area (TPSA) is 88.8 Å². The van der Waals surface area contributed by atoms with Gasteiger partial charge in [0.2, 0.25) is 17.8 Å². The maximum absolute atomic E-state index is 12.8. The van der Waals surface area contributed by atoms with Crippen molar-refractivity contribution >= 4 is 17.8 Å². The van der Waals surface area contributed by atoms with Crippen molar-refractivity contribution in [3.63, 3.8) is 0 Å². The van der Waals surface area contributed by atoms with Crippen LogP contribution < -0.4 is 16.4 Å². The van der Waals surface area contributed by atoms with Gasteiger partial charge in [-0.3, -0.25) is 0 Å². The maximum Gasteiger partial charge on any atom is 0.230 e. The van der Waals surface area contributed by atoms with E-state index in [2.05, 4.69) is 31.5 Å². The van der Waals surface area contributed by atoms with Crippen molar-refractivity contribution < 1.29 is 4.39 Å². The van der Waals surface area contributed by atoms with Crippen LogP contribution in [0.1, 0.15) is 5.56 Å². The zero-order valence-electron chi connectivity index (χ0n) is 10.6. The SMILES string of the molecule is C#CCNc1nc(N)nc(NCc2ccc(F)cc2)n1. The first-order chi connectivity index (χ1) is 9.67. The van der Waals surface area contributed by atoms with Crippen LogP contribution in [0.5, 0.6) is 0 Å². The number of nitrogen functional groups attached to an aromatic ring is 1. The van der Waals surface area contributed by atoms with Gasteiger partial charge in [0.25, 0.3) is 0 Å². The number of terminal acetylenes is 1. The van der Waals surface area contributed by atoms with Crippen LogP contribution in [-0.4, -0.2) is 21.5 Å². The highest BCUT2D eigenvalue weighted by Gasteiger charge is 2.03. The Morgan fingerprint density at radius 3 is 2.40 bits per heavy atom. The molecule has 102 valence electrons. The van der Waals surface area contributed by atoms with Crippen LogP contribution in [0.25, 0.3) is 0 Å². The standard InChI is InChI=1S/C13H13FN6/c1-2-7-16-12-18-11(15)19-13(20-12)17-8-9-3-5-10(14)6-4-9/h1,3-6H,7-8H2,(H4,15,16,17,18,19,20). The molecular formula is C13H13FN6. The lowest BCUT2D eigenvalue weighted by molar-refractivity contribution is 0.627. The third-order valence-corrected chi connectivity index (χ3v) is 2.37. The molecule has 0 aliphatic carbocycles. The summed E-state index contributed by atoms with van der Waals surface area (Å²) >= 11 is 0. The minimum Gasteiger partial charge on any atom is -0.368 e. The minimum atomic E-state index is -0.279. The first-order valence-corrected chi connectivity index (χ1v) is 5.84. The second-order valence-electron chi connectivity index (χ2n) is 3.88. The molecular weight excluding hydrogens is 259 g/mol. The minimum absolute atomic E-state index is 0.0844. The molecule has 20 heavy (non-hydrogen) atoms. The van der Waals surface area contributed by atoms with Gasteiger partial charge in [-0.2, -0.15) is 15.0 Å². The molecule has 0 fully saturated rings. The van der Waals surface area contributed by atoms with E-state index in [-0.39, 0.29) is 11.8 Å². The normalized spacial score (nSPS) is 9.80. The lowest BCUT2D eigenvalue weighted by Crippen LogP contribution is -2.11. The van der Waals surface area contributed by atoms with Gasteiger partial charge < -0.3 is 16.4 Å². The zero-order valence-corrected chi connectivity index (χ0v) is 10.6. The number of aromatic nitrogens is 3. The first-order valence-electron chi connectivity index (χ1n) is 5.84. The Morgan fingerprint density at radius 2 is 1.75 bits per heavy atom. The van der Waals surface area contributed by atoms with Crippen LogP contribution in [0.3, 0.4) is 0 Å². The largest absolute Gasteiger partial charge is 0.368 e. The van der Waals surface area contributed by atoms with Crippen molar-refractivity contribution in [3.05, 3.63) is 35.6 Å². The van der Waals surface area contributed by atoms with Gasteiger partial charge in [0.15, 0.2) is 0 Å². The summed E-state index contributed by atoms with van der Waals surface area (Å²) in [6.45, 7) is 0.735. The molecule has 0 spiro atoms. The summed E-state index contributed by atoms with van der Waals surface area (Å²) in [7, 11) is 0. The number of halogens is 1. The Balaban J connectivity index is 2.03. The highest BCUT2D eigenvalue weighted by Crippen LogP contribution is 2.09. The maximum atomic E-state index is 12.8. The molecule has 1 aromatic carbocycles. The Morgan fingerprint density at radius 1 is 1.10 bits per heavy atom. The Bertz CT molecular complexity index is 620. The van der Waals surface area contributed by atoms with Gasteiger partial charge in [-0.15, -0.1) is 6.42 Å². The van der Waals surface area contributed by atoms with E-state index in [1.54, 1.807) is 12.1 Å². The number of hydrogen-bond acceptors (Lipinski definition) is 6. The molecule has 2 rings (SSSR count). The van der Waals surface area contributed by atoms with E-state index in [1.165, 1.54) is 12.1 Å². The highest BCUT2D eigenvalue weighted by atomic mass is 19.1. The molecule has 2 aromatic rings. The van der Waals surface area contributed by atoms with Gasteiger partial charge >= 0.3 is 0 Å². The zero-order chi connectivity index (χ0) is 14.4. The summed E-state index contributed by atoms with van der Waals surface area (Å²) in [5.74, 6) is 2.84. The molecule has 0 saturated heterocycles. The van der Waals surface area contributed by atoms with E-state index in [4.69, 9.17) is 12.2 Å². The Labute approximate surface area is 115 Å². The van der Waals surface area contributed by atoms with E-state index in [1.807, 2.05) is 0 Å². The Kier molecular flexibility index (Phi) is 4.29. The van der Waals surface area contributed by atoms with Crippen molar-refractivity contribution in [2.75, 3.05) is 22.9 Å². The van der Waals surface area contributed by atoms with Gasteiger partial charge in [-0.25, -0.2) is 4.39 Å². The fourth-order valence-electron chi connectivity index (χ4n) is 1.46. The molecule has 0 bridgehead atoms. The van der Waals surface area contributed by atoms with Gasteiger partial charge in [0, 0.05) is 6.54 Å². The summed E-state index contributed by atoms with van der Waals surface area (Å²) in [6, 6.07) is 6.12. The smallest absolute Gasteiger partial charge is 0.230 e. The van der Waals surface area contributed by atoms with Crippen LogP contribution >= 0.6 is 0 Å². The monoisotopic (exact) mass is 272 g/mol. The van der Waals surface area contributed by atoms with Crippen molar-refractivity contribution in [1.82, 2.24) is 15.0 Å². The second kappa shape index (κ2) is 6.33. The number of nitrogens with one attached hydrogen (secondary N) is 2. The number of benzene rings is 1. The molecule has 1 aromatic heterocycles. The molecule has 6 nitrogen and oxygen atoms in total. The first kappa shape index (κ1) is 13.5. The van der Waals surface area contributed by atoms with Crippen molar-refractivity contribution in [2.45, 2.75) is 6.54 Å². The number of rotatable bonds is 5. The van der Waals surface area contributed by atoms with E-state index in [9.17, 15) is 4.39 Å². The van der Waals surface area contributed by atoms with Crippen LogP contribution in [0.4, 0.5) is 22.2 Å². The van der Waals surface area contributed by atoms with Crippen LogP contribution in [0.2, 0.25) is 0 Å². The fourth-order valence-corrected chi connectivity index (χ4v) is 1.46. The summed E-state index contributed by atoms with van der Waals surface area (Å²) < 4.78 is 12.8. The lowest BCUT2D eigenvalue weighted by atomic mass is 10.2. The number of nitrogens with two attached hydrogens (primary N) is 1. The third-order valence-electron chi connectivity index (χ3n) is 2.37. The lowest BCUT2D eigenvalue weighted by Gasteiger charge is -2.07. The average Bonchev–Trinajstić information content (AvgIpc) is 2.44. The Hall–Kier alpha value is -2.88. The molecule has 0 amide bonds. The van der Waals surface area contributed by atoms with Gasteiger partial charge in [-0.1, -0.05) is 18.1 Å². The van der Waals surface area contributed by atoms with Crippen molar-refractivity contribution in [3.8, 4) is 12.3 Å². The van der Waals surface area contributed by atoms with Crippen LogP contribution in [0, 0.1) is 18.2 Å². The van der Waals surface area contributed by atoms with E-state index in [0.29, 0.717) is 25.0 Å². The van der Waals surface area contributed by atoms with E-state index in [0.717, 1.165) is 5.56 Å². The predicted molar refractivity (Wildman–Crippen MR) is 75.3 cm³/mol. The average molecular weight is 272 g/mol. The number of anilines is 3. The number of nitrogens with zero attached hydrogens (tertiary/aromatic N) is 3. The summed E-state index contributed by atoms with van der Waals surface area (Å²) in [5, 5.41) is 5.79. The van der Waals surface area contributed by atoms with Crippen LogP contribution in [0.15, 0.2) is 24.3 Å². The summed E-state index contributed by atoms with van der Waals surface area (Å²) in [6.07, 6.45) is 5.14. The molecule has 7 heteroatoms. The van der Waals surface area contributed by atoms with Crippen LogP contribution in [-0.2, 0) is 6.54 Å². The van der Waals surface area contributed by atoms with Gasteiger partial charge in [-0.05, 0) is 17.7 Å². The van der Waals surface area contributed by atoms with Crippen molar-refractivity contribution in [2.24, 2.45) is 0 Å². The number of hydrogen-bond donors (Lipinski definition) is 3. The van der Waals surface area contributed by atoms with E-state index < -0.39 is 0 Å². The predicted octanol–water partition coefficient (Wildman–Crippen LogP) is 1.25. The fraction of sp³-hybridized carbons (Fsp3) is 0.154. The van der Waals surface area contributed by atoms with Gasteiger partial charge in [0.1, 0.15) is 5.82 Å². The molecule has 0 radical (unpaired) electrons. The summed E-state index contributed by atoms with van der Waals surface area (Å²) in [4.78, 5) is 12.0. The molecule has 1 heterocycles. The quantitative estimate of drug-likeness (QED) is 0.710. The third kappa shape index (κ3) is 3.81. The molecule has 4 N–H and O–H groups in total. The molecule has 0 saturated carbocycles. The van der Waals surface area contributed by atoms with E-state index >= 15 is 0 Å². The summed E-state index contributed by atoms with van der Waals surface area (Å²) in [5.41, 5.74) is 6.47. The van der Waals surface area contributed by atoms with Gasteiger partial charge in [0.05, 0.1) is 6.54 Å². The second-order valence-corrected chi connectivity index (χ2v) is 3.88. The molecule has 0 unspecified atom stereocenters. The van der Waals surface area contributed by atoms with Crippen molar-refractivity contribution in [1.29, 1.82) is 0 Å².